The van der Waals surface area contributed by atoms with Crippen LogP contribution in [-0.2, 0) is 0 Å². The molecule has 0 unspecified atom stereocenters. The van der Waals surface area contributed by atoms with Gasteiger partial charge in [-0.15, -0.1) is 0 Å². The van der Waals surface area contributed by atoms with Gasteiger partial charge in [0.05, 0.1) is 12.2 Å². The molecule has 1 amide bonds. The topological polar surface area (TPSA) is 49.3 Å². The number of hydrogen-bond acceptors (Lipinski definition) is 2. The number of aliphatic hydroxyl groups is 1. The molecule has 0 fully saturated rings. The smallest absolute Gasteiger partial charge is 0.252 e. The summed E-state index contributed by atoms with van der Waals surface area (Å²) in [6, 6.07) is 7.28. The van der Waals surface area contributed by atoms with Crippen molar-refractivity contribution in [3.8, 4) is 11.8 Å². The quantitative estimate of drug-likeness (QED) is 0.828. The summed E-state index contributed by atoms with van der Waals surface area (Å²) in [5, 5.41) is 11.7. The third-order valence-electron chi connectivity index (χ3n) is 2.79. The van der Waals surface area contributed by atoms with Gasteiger partial charge in [0, 0.05) is 18.5 Å². The Bertz CT molecular complexity index is 504. The zero-order valence-corrected chi connectivity index (χ0v) is 12.5. The van der Waals surface area contributed by atoms with Crippen LogP contribution in [0.25, 0.3) is 0 Å². The molecular weight excluding hydrogens is 250 g/mol. The van der Waals surface area contributed by atoms with E-state index < -0.39 is 0 Å². The predicted octanol–water partition coefficient (Wildman–Crippen LogP) is 2.59. The lowest BCUT2D eigenvalue weighted by Crippen LogP contribution is -2.27. The second kappa shape index (κ2) is 7.72. The Kier molecular flexibility index (Phi) is 6.27. The summed E-state index contributed by atoms with van der Waals surface area (Å²) in [6.45, 7) is 7.13. The molecule has 2 N–H and O–H groups in total. The standard InChI is InChI=1S/C17H23NO2/c1-17(2,3)11-12-18-16(20)15-10-5-4-8-14(15)9-6-7-13-19/h4-5,8,10,19H,7,11-13H2,1-3H3,(H,18,20). The minimum absolute atomic E-state index is 0.0347. The van der Waals surface area contributed by atoms with E-state index in [9.17, 15) is 4.79 Å². The van der Waals surface area contributed by atoms with Crippen molar-refractivity contribution in [2.75, 3.05) is 13.2 Å². The molecule has 0 aromatic heterocycles. The van der Waals surface area contributed by atoms with Crippen molar-refractivity contribution >= 4 is 5.91 Å². The van der Waals surface area contributed by atoms with Crippen molar-refractivity contribution < 1.29 is 9.90 Å². The average molecular weight is 273 g/mol. The SMILES string of the molecule is CC(C)(C)CCNC(=O)c1ccccc1C#CCCO. The molecule has 0 heterocycles. The predicted molar refractivity (Wildman–Crippen MR) is 81.4 cm³/mol. The van der Waals surface area contributed by atoms with Crippen molar-refractivity contribution in [2.45, 2.75) is 33.6 Å². The third-order valence-corrected chi connectivity index (χ3v) is 2.79. The Morgan fingerprint density at radius 1 is 1.30 bits per heavy atom. The minimum Gasteiger partial charge on any atom is -0.395 e. The molecule has 3 nitrogen and oxygen atoms in total. The van der Waals surface area contributed by atoms with Gasteiger partial charge in [0.1, 0.15) is 0 Å². The van der Waals surface area contributed by atoms with Crippen LogP contribution in [0.15, 0.2) is 24.3 Å². The lowest BCUT2D eigenvalue weighted by molar-refractivity contribution is 0.0949. The monoisotopic (exact) mass is 273 g/mol. The first-order valence-electron chi connectivity index (χ1n) is 6.91. The van der Waals surface area contributed by atoms with E-state index in [0.29, 0.717) is 24.1 Å². The van der Waals surface area contributed by atoms with E-state index in [1.54, 1.807) is 6.07 Å². The molecule has 1 aromatic carbocycles. The average Bonchev–Trinajstić information content (AvgIpc) is 2.38. The number of rotatable bonds is 4. The summed E-state index contributed by atoms with van der Waals surface area (Å²) in [5.74, 6) is 5.68. The van der Waals surface area contributed by atoms with Crippen LogP contribution >= 0.6 is 0 Å². The van der Waals surface area contributed by atoms with Gasteiger partial charge in [-0.05, 0) is 24.0 Å². The first-order chi connectivity index (χ1) is 9.44. The largest absolute Gasteiger partial charge is 0.395 e. The number of benzene rings is 1. The number of amides is 1. The number of aliphatic hydroxyl groups excluding tert-OH is 1. The lowest BCUT2D eigenvalue weighted by Gasteiger charge is -2.18. The van der Waals surface area contributed by atoms with E-state index in [0.717, 1.165) is 6.42 Å². The van der Waals surface area contributed by atoms with Crippen molar-refractivity contribution in [1.29, 1.82) is 0 Å². The van der Waals surface area contributed by atoms with Crippen molar-refractivity contribution in [2.24, 2.45) is 5.41 Å². The highest BCUT2D eigenvalue weighted by atomic mass is 16.2. The highest BCUT2D eigenvalue weighted by molar-refractivity contribution is 5.96. The van der Waals surface area contributed by atoms with E-state index in [2.05, 4.69) is 37.9 Å². The highest BCUT2D eigenvalue weighted by Gasteiger charge is 2.12. The van der Waals surface area contributed by atoms with Crippen LogP contribution in [-0.4, -0.2) is 24.2 Å². The normalized spacial score (nSPS) is 10.6. The fourth-order valence-electron chi connectivity index (χ4n) is 1.65. The molecule has 108 valence electrons. The summed E-state index contributed by atoms with van der Waals surface area (Å²) in [4.78, 5) is 12.2. The number of carbonyl (C=O) groups excluding carboxylic acids is 1. The molecule has 0 radical (unpaired) electrons. The van der Waals surface area contributed by atoms with Gasteiger partial charge < -0.3 is 10.4 Å². The van der Waals surface area contributed by atoms with E-state index >= 15 is 0 Å². The van der Waals surface area contributed by atoms with Crippen LogP contribution in [0.1, 0.15) is 49.5 Å². The Balaban J connectivity index is 2.71. The van der Waals surface area contributed by atoms with Crippen LogP contribution in [0.4, 0.5) is 0 Å². The lowest BCUT2D eigenvalue weighted by atomic mass is 9.92. The Morgan fingerprint density at radius 3 is 2.65 bits per heavy atom. The fraction of sp³-hybridized carbons (Fsp3) is 0.471. The highest BCUT2D eigenvalue weighted by Crippen LogP contribution is 2.17. The van der Waals surface area contributed by atoms with Crippen molar-refractivity contribution in [1.82, 2.24) is 5.32 Å². The fourth-order valence-corrected chi connectivity index (χ4v) is 1.65. The Labute approximate surface area is 121 Å². The van der Waals surface area contributed by atoms with Gasteiger partial charge >= 0.3 is 0 Å². The van der Waals surface area contributed by atoms with E-state index in [-0.39, 0.29) is 17.9 Å². The molecule has 0 aliphatic carbocycles. The number of nitrogens with one attached hydrogen (secondary N) is 1. The molecule has 0 atom stereocenters. The molecule has 0 bridgehead atoms. The molecular formula is C17H23NO2. The van der Waals surface area contributed by atoms with Gasteiger partial charge in [-0.1, -0.05) is 44.7 Å². The molecule has 3 heteroatoms. The third kappa shape index (κ3) is 5.90. The summed E-state index contributed by atoms with van der Waals surface area (Å²) >= 11 is 0. The summed E-state index contributed by atoms with van der Waals surface area (Å²) in [5.41, 5.74) is 1.49. The van der Waals surface area contributed by atoms with Crippen LogP contribution in [0.2, 0.25) is 0 Å². The minimum atomic E-state index is -0.0943. The molecule has 0 saturated heterocycles. The zero-order chi connectivity index (χ0) is 15.0. The van der Waals surface area contributed by atoms with E-state index in [4.69, 9.17) is 5.11 Å². The molecule has 20 heavy (non-hydrogen) atoms. The van der Waals surface area contributed by atoms with Gasteiger partial charge in [0.15, 0.2) is 0 Å². The second-order valence-corrected chi connectivity index (χ2v) is 5.89. The van der Waals surface area contributed by atoms with E-state index in [1.165, 1.54) is 0 Å². The molecule has 0 saturated carbocycles. The first kappa shape index (κ1) is 16.3. The number of hydrogen-bond donors (Lipinski definition) is 2. The summed E-state index contributed by atoms with van der Waals surface area (Å²) in [7, 11) is 0. The van der Waals surface area contributed by atoms with Gasteiger partial charge in [-0.3, -0.25) is 4.79 Å². The molecule has 0 aliphatic rings. The van der Waals surface area contributed by atoms with Gasteiger partial charge in [0.2, 0.25) is 0 Å². The number of carbonyl (C=O) groups is 1. The van der Waals surface area contributed by atoms with Crippen LogP contribution in [0.3, 0.4) is 0 Å². The zero-order valence-electron chi connectivity index (χ0n) is 12.5. The maximum atomic E-state index is 12.2. The van der Waals surface area contributed by atoms with Gasteiger partial charge in [-0.25, -0.2) is 0 Å². The Morgan fingerprint density at radius 2 is 2.00 bits per heavy atom. The second-order valence-electron chi connectivity index (χ2n) is 5.89. The molecule has 1 rings (SSSR count). The molecule has 0 spiro atoms. The van der Waals surface area contributed by atoms with E-state index in [1.807, 2.05) is 18.2 Å². The summed E-state index contributed by atoms with van der Waals surface area (Å²) < 4.78 is 0. The first-order valence-corrected chi connectivity index (χ1v) is 6.91. The van der Waals surface area contributed by atoms with Crippen molar-refractivity contribution in [3.63, 3.8) is 0 Å². The van der Waals surface area contributed by atoms with Gasteiger partial charge in [-0.2, -0.15) is 0 Å². The van der Waals surface area contributed by atoms with Gasteiger partial charge in [0.25, 0.3) is 5.91 Å². The van der Waals surface area contributed by atoms with Crippen LogP contribution in [0.5, 0.6) is 0 Å². The van der Waals surface area contributed by atoms with Crippen molar-refractivity contribution in [3.05, 3.63) is 35.4 Å². The molecule has 0 aliphatic heterocycles. The van der Waals surface area contributed by atoms with Crippen LogP contribution < -0.4 is 5.32 Å². The van der Waals surface area contributed by atoms with Crippen LogP contribution in [0, 0.1) is 17.3 Å². The summed E-state index contributed by atoms with van der Waals surface area (Å²) in [6.07, 6.45) is 1.34. The Hall–Kier alpha value is -1.79. The maximum absolute atomic E-state index is 12.2. The molecule has 1 aromatic rings. The maximum Gasteiger partial charge on any atom is 0.252 e.